The van der Waals surface area contributed by atoms with Crippen molar-refractivity contribution in [3.63, 3.8) is 0 Å². The molecule has 0 aliphatic carbocycles. The number of para-hydroxylation sites is 1. The Labute approximate surface area is 114 Å². The average molecular weight is 264 g/mol. The van der Waals surface area contributed by atoms with Crippen LogP contribution in [0.2, 0.25) is 0 Å². The van der Waals surface area contributed by atoms with Crippen LogP contribution in [0.25, 0.3) is 0 Å². The van der Waals surface area contributed by atoms with Gasteiger partial charge in [-0.25, -0.2) is 0 Å². The Balaban J connectivity index is 2.21. The molecule has 1 amide bonds. The topological polar surface area (TPSA) is 41.1 Å². The standard InChI is InChI=1S/C14H20N2OS/c1-2-3-4-8-11-13(17)16-14(18)15-12-9-6-5-7-10-12/h5-7,9-10H,2-4,8,11H2,1H3,(H2,15,16,17,18). The van der Waals surface area contributed by atoms with Gasteiger partial charge in [0.2, 0.25) is 5.91 Å². The first-order chi connectivity index (χ1) is 8.72. The highest BCUT2D eigenvalue weighted by Crippen LogP contribution is 2.05. The summed E-state index contributed by atoms with van der Waals surface area (Å²) in [6.07, 6.45) is 4.92. The van der Waals surface area contributed by atoms with Gasteiger partial charge in [-0.1, -0.05) is 44.4 Å². The zero-order valence-electron chi connectivity index (χ0n) is 10.7. The third kappa shape index (κ3) is 6.35. The van der Waals surface area contributed by atoms with E-state index in [1.165, 1.54) is 12.8 Å². The summed E-state index contributed by atoms with van der Waals surface area (Å²) in [5.41, 5.74) is 0.883. The summed E-state index contributed by atoms with van der Waals surface area (Å²) >= 11 is 5.07. The number of carbonyl (C=O) groups is 1. The van der Waals surface area contributed by atoms with E-state index in [4.69, 9.17) is 12.2 Å². The molecule has 0 radical (unpaired) electrons. The highest BCUT2D eigenvalue weighted by molar-refractivity contribution is 7.80. The van der Waals surface area contributed by atoms with Gasteiger partial charge in [-0.2, -0.15) is 0 Å². The maximum Gasteiger partial charge on any atom is 0.226 e. The van der Waals surface area contributed by atoms with Crippen LogP contribution in [0.3, 0.4) is 0 Å². The van der Waals surface area contributed by atoms with Crippen LogP contribution in [0.4, 0.5) is 5.69 Å². The smallest absolute Gasteiger partial charge is 0.226 e. The molecule has 18 heavy (non-hydrogen) atoms. The molecule has 0 aromatic heterocycles. The summed E-state index contributed by atoms with van der Waals surface area (Å²) in [7, 11) is 0. The summed E-state index contributed by atoms with van der Waals surface area (Å²) < 4.78 is 0. The maximum atomic E-state index is 11.6. The van der Waals surface area contributed by atoms with E-state index < -0.39 is 0 Å². The van der Waals surface area contributed by atoms with Crippen molar-refractivity contribution in [2.45, 2.75) is 39.0 Å². The van der Waals surface area contributed by atoms with E-state index in [0.29, 0.717) is 11.5 Å². The fourth-order valence-electron chi connectivity index (χ4n) is 1.59. The quantitative estimate of drug-likeness (QED) is 0.610. The summed E-state index contributed by atoms with van der Waals surface area (Å²) in [6.45, 7) is 2.15. The highest BCUT2D eigenvalue weighted by atomic mass is 32.1. The predicted octanol–water partition coefficient (Wildman–Crippen LogP) is 3.47. The first-order valence-electron chi connectivity index (χ1n) is 6.38. The Bertz CT molecular complexity index is 379. The zero-order valence-corrected chi connectivity index (χ0v) is 11.6. The van der Waals surface area contributed by atoms with Crippen LogP contribution in [0, 0.1) is 0 Å². The van der Waals surface area contributed by atoms with Crippen molar-refractivity contribution in [1.82, 2.24) is 5.32 Å². The lowest BCUT2D eigenvalue weighted by atomic mass is 10.1. The number of hydrogen-bond donors (Lipinski definition) is 2. The number of benzene rings is 1. The maximum absolute atomic E-state index is 11.6. The van der Waals surface area contributed by atoms with Gasteiger partial charge in [0.1, 0.15) is 0 Å². The van der Waals surface area contributed by atoms with E-state index in [1.54, 1.807) is 0 Å². The molecule has 0 saturated heterocycles. The molecule has 0 heterocycles. The number of amides is 1. The van der Waals surface area contributed by atoms with Gasteiger partial charge in [0.25, 0.3) is 0 Å². The molecule has 0 fully saturated rings. The first-order valence-corrected chi connectivity index (χ1v) is 6.79. The van der Waals surface area contributed by atoms with Crippen LogP contribution >= 0.6 is 12.2 Å². The Morgan fingerprint density at radius 2 is 1.89 bits per heavy atom. The molecule has 0 bridgehead atoms. The van der Waals surface area contributed by atoms with Gasteiger partial charge < -0.3 is 10.6 Å². The summed E-state index contributed by atoms with van der Waals surface area (Å²) in [6, 6.07) is 9.56. The molecule has 0 atom stereocenters. The van der Waals surface area contributed by atoms with Gasteiger partial charge in [0, 0.05) is 12.1 Å². The zero-order chi connectivity index (χ0) is 13.2. The second-order valence-electron chi connectivity index (χ2n) is 4.18. The Kier molecular flexibility index (Phi) is 7.03. The average Bonchev–Trinajstić information content (AvgIpc) is 2.35. The molecule has 2 N–H and O–H groups in total. The summed E-state index contributed by atoms with van der Waals surface area (Å²) in [5, 5.41) is 6.02. The molecule has 0 aliphatic heterocycles. The van der Waals surface area contributed by atoms with Gasteiger partial charge in [0.15, 0.2) is 5.11 Å². The number of anilines is 1. The van der Waals surface area contributed by atoms with E-state index in [2.05, 4.69) is 17.6 Å². The normalized spacial score (nSPS) is 9.83. The van der Waals surface area contributed by atoms with Crippen LogP contribution < -0.4 is 10.6 Å². The van der Waals surface area contributed by atoms with Gasteiger partial charge in [-0.3, -0.25) is 4.79 Å². The first kappa shape index (κ1) is 14.6. The molecule has 1 rings (SSSR count). The summed E-state index contributed by atoms with van der Waals surface area (Å²) in [5.74, 6) is -0.0143. The molecule has 4 heteroatoms. The molecule has 1 aromatic carbocycles. The van der Waals surface area contributed by atoms with Crippen LogP contribution in [0.5, 0.6) is 0 Å². The van der Waals surface area contributed by atoms with Gasteiger partial charge in [-0.05, 0) is 30.8 Å². The van der Waals surface area contributed by atoms with Gasteiger partial charge in [-0.15, -0.1) is 0 Å². The Morgan fingerprint density at radius 1 is 1.17 bits per heavy atom. The number of hydrogen-bond acceptors (Lipinski definition) is 2. The molecule has 0 saturated carbocycles. The lowest BCUT2D eigenvalue weighted by molar-refractivity contribution is -0.119. The summed E-state index contributed by atoms with van der Waals surface area (Å²) in [4.78, 5) is 11.6. The van der Waals surface area contributed by atoms with Gasteiger partial charge in [0.05, 0.1) is 0 Å². The van der Waals surface area contributed by atoms with Crippen molar-refractivity contribution in [2.75, 3.05) is 5.32 Å². The number of nitrogens with one attached hydrogen (secondary N) is 2. The minimum atomic E-state index is -0.0143. The molecule has 98 valence electrons. The van der Waals surface area contributed by atoms with Crippen LogP contribution in [0.15, 0.2) is 30.3 Å². The van der Waals surface area contributed by atoms with E-state index in [0.717, 1.165) is 18.5 Å². The van der Waals surface area contributed by atoms with Crippen molar-refractivity contribution in [3.05, 3.63) is 30.3 Å². The fraction of sp³-hybridized carbons (Fsp3) is 0.429. The predicted molar refractivity (Wildman–Crippen MR) is 79.6 cm³/mol. The molecule has 1 aromatic rings. The fourth-order valence-corrected chi connectivity index (χ4v) is 1.82. The number of thiocarbonyl (C=S) groups is 1. The Morgan fingerprint density at radius 3 is 2.56 bits per heavy atom. The number of rotatable bonds is 6. The van der Waals surface area contributed by atoms with Crippen molar-refractivity contribution in [2.24, 2.45) is 0 Å². The third-order valence-corrected chi connectivity index (χ3v) is 2.75. The second kappa shape index (κ2) is 8.64. The Hall–Kier alpha value is -1.42. The highest BCUT2D eigenvalue weighted by Gasteiger charge is 2.04. The van der Waals surface area contributed by atoms with Crippen molar-refractivity contribution in [1.29, 1.82) is 0 Å². The van der Waals surface area contributed by atoms with E-state index in [9.17, 15) is 4.79 Å². The number of unbranched alkanes of at least 4 members (excludes halogenated alkanes) is 3. The van der Waals surface area contributed by atoms with Crippen molar-refractivity contribution < 1.29 is 4.79 Å². The van der Waals surface area contributed by atoms with E-state index in [1.807, 2.05) is 30.3 Å². The van der Waals surface area contributed by atoms with Crippen LogP contribution in [-0.2, 0) is 4.79 Å². The lowest BCUT2D eigenvalue weighted by Gasteiger charge is -2.09. The SMILES string of the molecule is CCCCCCC(=O)NC(=S)Nc1ccccc1. The van der Waals surface area contributed by atoms with Gasteiger partial charge >= 0.3 is 0 Å². The van der Waals surface area contributed by atoms with Crippen molar-refractivity contribution >= 4 is 28.9 Å². The molecular weight excluding hydrogens is 244 g/mol. The minimum absolute atomic E-state index is 0.0143. The van der Waals surface area contributed by atoms with E-state index in [-0.39, 0.29) is 5.91 Å². The molecule has 0 spiro atoms. The second-order valence-corrected chi connectivity index (χ2v) is 4.59. The molecule has 3 nitrogen and oxygen atoms in total. The molecular formula is C14H20N2OS. The lowest BCUT2D eigenvalue weighted by Crippen LogP contribution is -2.33. The number of carbonyl (C=O) groups excluding carboxylic acids is 1. The molecule has 0 unspecified atom stereocenters. The van der Waals surface area contributed by atoms with Crippen molar-refractivity contribution in [3.8, 4) is 0 Å². The van der Waals surface area contributed by atoms with Crippen LogP contribution in [-0.4, -0.2) is 11.0 Å². The van der Waals surface area contributed by atoms with Crippen LogP contribution in [0.1, 0.15) is 39.0 Å². The third-order valence-electron chi connectivity index (χ3n) is 2.54. The molecule has 0 aliphatic rings. The monoisotopic (exact) mass is 264 g/mol. The minimum Gasteiger partial charge on any atom is -0.332 e. The largest absolute Gasteiger partial charge is 0.332 e. The van der Waals surface area contributed by atoms with E-state index >= 15 is 0 Å².